The Bertz CT molecular complexity index is 464. The summed E-state index contributed by atoms with van der Waals surface area (Å²) in [4.78, 5) is 11.2. The Kier molecular flexibility index (Phi) is 4.35. The lowest BCUT2D eigenvalue weighted by Gasteiger charge is -2.12. The van der Waals surface area contributed by atoms with E-state index in [1.54, 1.807) is 6.07 Å². The Hall–Kier alpha value is -2.22. The summed E-state index contributed by atoms with van der Waals surface area (Å²) >= 11 is 0. The Labute approximate surface area is 99.7 Å². The quantitative estimate of drug-likeness (QED) is 0.835. The van der Waals surface area contributed by atoms with E-state index in [1.807, 2.05) is 13.0 Å². The van der Waals surface area contributed by atoms with E-state index >= 15 is 0 Å². The molecule has 1 rings (SSSR count). The Morgan fingerprint density at radius 1 is 1.53 bits per heavy atom. The van der Waals surface area contributed by atoms with Gasteiger partial charge in [-0.2, -0.15) is 5.26 Å². The van der Waals surface area contributed by atoms with Crippen LogP contribution in [0.3, 0.4) is 0 Å². The number of ether oxygens (including phenoxy) is 2. The second kappa shape index (κ2) is 5.75. The number of hydrogen-bond acceptors (Lipinski definition) is 4. The molecule has 5 nitrogen and oxygen atoms in total. The molecule has 0 aliphatic rings. The van der Waals surface area contributed by atoms with E-state index in [0.717, 1.165) is 6.42 Å². The number of amides is 1. The maximum atomic E-state index is 11.2. The lowest BCUT2D eigenvalue weighted by atomic mass is 10.1. The van der Waals surface area contributed by atoms with Gasteiger partial charge in [0.1, 0.15) is 17.4 Å². The average Bonchev–Trinajstić information content (AvgIpc) is 2.34. The normalized spacial score (nSPS) is 9.47. The van der Waals surface area contributed by atoms with Crippen molar-refractivity contribution < 1.29 is 14.3 Å². The highest BCUT2D eigenvalue weighted by atomic mass is 16.5. The highest BCUT2D eigenvalue weighted by Gasteiger charge is 2.18. The SMILES string of the molecule is CCCOc1ccc(C(N)=O)c(OC)c1C#N. The molecule has 5 heteroatoms. The summed E-state index contributed by atoms with van der Waals surface area (Å²) in [5.74, 6) is -0.0785. The fourth-order valence-corrected chi connectivity index (χ4v) is 1.41. The molecule has 0 bridgehead atoms. The summed E-state index contributed by atoms with van der Waals surface area (Å²) in [7, 11) is 1.38. The smallest absolute Gasteiger partial charge is 0.252 e. The third-order valence-corrected chi connectivity index (χ3v) is 2.16. The first kappa shape index (κ1) is 12.8. The number of hydrogen-bond donors (Lipinski definition) is 1. The summed E-state index contributed by atoms with van der Waals surface area (Å²) < 4.78 is 10.4. The standard InChI is InChI=1S/C12H14N2O3/c1-3-6-17-10-5-4-8(12(14)15)11(16-2)9(10)7-13/h4-5H,3,6H2,1-2H3,(H2,14,15). The molecular formula is C12H14N2O3. The second-order valence-corrected chi connectivity index (χ2v) is 3.34. The Morgan fingerprint density at radius 2 is 2.24 bits per heavy atom. The summed E-state index contributed by atoms with van der Waals surface area (Å²) in [6.07, 6.45) is 0.824. The first-order chi connectivity index (χ1) is 8.15. The van der Waals surface area contributed by atoms with Crippen molar-refractivity contribution in [3.05, 3.63) is 23.3 Å². The van der Waals surface area contributed by atoms with Crippen LogP contribution in [0.4, 0.5) is 0 Å². The van der Waals surface area contributed by atoms with Gasteiger partial charge in [-0.1, -0.05) is 6.92 Å². The van der Waals surface area contributed by atoms with Gasteiger partial charge in [0.15, 0.2) is 5.75 Å². The van der Waals surface area contributed by atoms with Crippen LogP contribution < -0.4 is 15.2 Å². The van der Waals surface area contributed by atoms with Crippen LogP contribution >= 0.6 is 0 Å². The van der Waals surface area contributed by atoms with Crippen LogP contribution in [-0.2, 0) is 0 Å². The fraction of sp³-hybridized carbons (Fsp3) is 0.333. The van der Waals surface area contributed by atoms with Crippen molar-refractivity contribution >= 4 is 5.91 Å². The van der Waals surface area contributed by atoms with Crippen LogP contribution in [0.15, 0.2) is 12.1 Å². The molecule has 0 saturated carbocycles. The molecule has 0 aliphatic heterocycles. The minimum atomic E-state index is -0.639. The van der Waals surface area contributed by atoms with Crippen LogP contribution in [-0.4, -0.2) is 19.6 Å². The maximum Gasteiger partial charge on any atom is 0.252 e. The van der Waals surface area contributed by atoms with Gasteiger partial charge in [-0.05, 0) is 18.6 Å². The maximum absolute atomic E-state index is 11.2. The number of carbonyl (C=O) groups is 1. The van der Waals surface area contributed by atoms with Crippen molar-refractivity contribution in [1.82, 2.24) is 0 Å². The third kappa shape index (κ3) is 2.67. The van der Waals surface area contributed by atoms with Crippen LogP contribution in [0.25, 0.3) is 0 Å². The zero-order valence-electron chi connectivity index (χ0n) is 9.82. The van der Waals surface area contributed by atoms with Crippen molar-refractivity contribution in [2.45, 2.75) is 13.3 Å². The molecule has 2 N–H and O–H groups in total. The molecule has 0 radical (unpaired) electrons. The zero-order valence-corrected chi connectivity index (χ0v) is 9.82. The molecule has 0 heterocycles. The van der Waals surface area contributed by atoms with E-state index in [9.17, 15) is 4.79 Å². The summed E-state index contributed by atoms with van der Waals surface area (Å²) in [5.41, 5.74) is 5.56. The molecule has 0 unspecified atom stereocenters. The average molecular weight is 234 g/mol. The van der Waals surface area contributed by atoms with Crippen LogP contribution in [0.2, 0.25) is 0 Å². The van der Waals surface area contributed by atoms with Crippen molar-refractivity contribution in [2.24, 2.45) is 5.73 Å². The predicted molar refractivity (Wildman–Crippen MR) is 62.0 cm³/mol. The molecule has 0 fully saturated rings. The summed E-state index contributed by atoms with van der Waals surface area (Å²) in [6.45, 7) is 2.45. The van der Waals surface area contributed by atoms with Gasteiger partial charge in [-0.25, -0.2) is 0 Å². The van der Waals surface area contributed by atoms with Gasteiger partial charge >= 0.3 is 0 Å². The second-order valence-electron chi connectivity index (χ2n) is 3.34. The van der Waals surface area contributed by atoms with Crippen molar-refractivity contribution in [1.29, 1.82) is 5.26 Å². The van der Waals surface area contributed by atoms with Crippen LogP contribution in [0, 0.1) is 11.3 Å². The lowest BCUT2D eigenvalue weighted by Crippen LogP contribution is -2.13. The van der Waals surface area contributed by atoms with E-state index in [2.05, 4.69) is 0 Å². The predicted octanol–water partition coefficient (Wildman–Crippen LogP) is 1.45. The van der Waals surface area contributed by atoms with Crippen molar-refractivity contribution in [2.75, 3.05) is 13.7 Å². The monoisotopic (exact) mass is 234 g/mol. The molecule has 1 aromatic rings. The van der Waals surface area contributed by atoms with E-state index in [4.69, 9.17) is 20.5 Å². The lowest BCUT2D eigenvalue weighted by molar-refractivity contribution is 0.0997. The van der Waals surface area contributed by atoms with Gasteiger partial charge in [0, 0.05) is 0 Å². The molecule has 17 heavy (non-hydrogen) atoms. The first-order valence-electron chi connectivity index (χ1n) is 5.19. The highest BCUT2D eigenvalue weighted by molar-refractivity contribution is 5.96. The van der Waals surface area contributed by atoms with Gasteiger partial charge in [-0.15, -0.1) is 0 Å². The van der Waals surface area contributed by atoms with E-state index in [0.29, 0.717) is 12.4 Å². The molecule has 90 valence electrons. The number of nitrogens with zero attached hydrogens (tertiary/aromatic N) is 1. The topological polar surface area (TPSA) is 85.3 Å². The van der Waals surface area contributed by atoms with Crippen molar-refractivity contribution in [3.8, 4) is 17.6 Å². The molecular weight excluding hydrogens is 220 g/mol. The summed E-state index contributed by atoms with van der Waals surface area (Å²) in [6, 6.07) is 5.01. The minimum absolute atomic E-state index is 0.161. The molecule has 0 saturated heterocycles. The number of benzene rings is 1. The number of nitrogens with two attached hydrogens (primary N) is 1. The molecule has 1 amide bonds. The van der Waals surface area contributed by atoms with Gasteiger partial charge in [0.25, 0.3) is 5.91 Å². The highest BCUT2D eigenvalue weighted by Crippen LogP contribution is 2.31. The first-order valence-corrected chi connectivity index (χ1v) is 5.19. The van der Waals surface area contributed by atoms with E-state index < -0.39 is 5.91 Å². The van der Waals surface area contributed by atoms with Crippen LogP contribution in [0.5, 0.6) is 11.5 Å². The number of methoxy groups -OCH3 is 1. The molecule has 0 aromatic heterocycles. The number of nitriles is 1. The number of carbonyl (C=O) groups excluding carboxylic acids is 1. The zero-order chi connectivity index (χ0) is 12.8. The fourth-order valence-electron chi connectivity index (χ4n) is 1.41. The minimum Gasteiger partial charge on any atom is -0.494 e. The largest absolute Gasteiger partial charge is 0.494 e. The van der Waals surface area contributed by atoms with Crippen molar-refractivity contribution in [3.63, 3.8) is 0 Å². The Balaban J connectivity index is 3.28. The third-order valence-electron chi connectivity index (χ3n) is 2.16. The number of rotatable bonds is 5. The summed E-state index contributed by atoms with van der Waals surface area (Å²) in [5, 5.41) is 9.07. The molecule has 0 aliphatic carbocycles. The molecule has 0 atom stereocenters. The molecule has 1 aromatic carbocycles. The van der Waals surface area contributed by atoms with Gasteiger partial charge in [0.05, 0.1) is 19.3 Å². The van der Waals surface area contributed by atoms with E-state index in [-0.39, 0.29) is 16.9 Å². The van der Waals surface area contributed by atoms with Gasteiger partial charge < -0.3 is 15.2 Å². The van der Waals surface area contributed by atoms with Crippen LogP contribution in [0.1, 0.15) is 29.3 Å². The van der Waals surface area contributed by atoms with E-state index in [1.165, 1.54) is 13.2 Å². The van der Waals surface area contributed by atoms with Gasteiger partial charge in [-0.3, -0.25) is 4.79 Å². The Morgan fingerprint density at radius 3 is 2.71 bits per heavy atom. The molecule has 0 spiro atoms. The number of primary amides is 1. The van der Waals surface area contributed by atoms with Gasteiger partial charge in [0.2, 0.25) is 0 Å².